The molecule has 104 valence electrons. The third kappa shape index (κ3) is 2.76. The van der Waals surface area contributed by atoms with Crippen LogP contribution in [0.2, 0.25) is 5.02 Å². The molecule has 0 atom stereocenters. The van der Waals surface area contributed by atoms with Crippen LogP contribution in [0.3, 0.4) is 0 Å². The number of benzene rings is 1. The van der Waals surface area contributed by atoms with Gasteiger partial charge in [0.2, 0.25) is 0 Å². The van der Waals surface area contributed by atoms with E-state index < -0.39 is 0 Å². The van der Waals surface area contributed by atoms with Crippen molar-refractivity contribution in [2.24, 2.45) is 0 Å². The minimum atomic E-state index is 0.276. The van der Waals surface area contributed by atoms with E-state index in [2.05, 4.69) is 9.97 Å². The molecule has 20 heavy (non-hydrogen) atoms. The molecule has 0 bridgehead atoms. The normalized spacial score (nSPS) is 13.8. The zero-order valence-corrected chi connectivity index (χ0v) is 12.1. The Morgan fingerprint density at radius 3 is 2.80 bits per heavy atom. The molecule has 2 heterocycles. The molecule has 1 aromatic carbocycles. The lowest BCUT2D eigenvalue weighted by Crippen LogP contribution is -1.97. The highest BCUT2D eigenvalue weighted by Crippen LogP contribution is 2.38. The molecule has 0 spiro atoms. The fourth-order valence-corrected chi connectivity index (χ4v) is 2.79. The second kappa shape index (κ2) is 5.76. The third-order valence-electron chi connectivity index (χ3n) is 2.72. The van der Waals surface area contributed by atoms with Crippen LogP contribution in [0.4, 0.5) is 5.82 Å². The van der Waals surface area contributed by atoms with Gasteiger partial charge >= 0.3 is 0 Å². The van der Waals surface area contributed by atoms with E-state index >= 15 is 0 Å². The largest absolute Gasteiger partial charge is 0.490 e. The van der Waals surface area contributed by atoms with Crippen molar-refractivity contribution in [3.63, 3.8) is 0 Å². The summed E-state index contributed by atoms with van der Waals surface area (Å²) in [5.41, 5.74) is 5.66. The van der Waals surface area contributed by atoms with Crippen molar-refractivity contribution in [1.29, 1.82) is 0 Å². The van der Waals surface area contributed by atoms with Crippen LogP contribution in [0, 0.1) is 0 Å². The van der Waals surface area contributed by atoms with E-state index in [4.69, 9.17) is 26.8 Å². The summed E-state index contributed by atoms with van der Waals surface area (Å²) in [5, 5.41) is 0.985. The Morgan fingerprint density at radius 2 is 1.95 bits per heavy atom. The molecule has 0 amide bonds. The first-order valence-electron chi connectivity index (χ1n) is 6.07. The van der Waals surface area contributed by atoms with Crippen LogP contribution in [-0.2, 0) is 0 Å². The van der Waals surface area contributed by atoms with Crippen molar-refractivity contribution in [3.05, 3.63) is 29.5 Å². The number of anilines is 1. The van der Waals surface area contributed by atoms with E-state index in [0.717, 1.165) is 22.8 Å². The summed E-state index contributed by atoms with van der Waals surface area (Å²) in [7, 11) is 0. The second-order valence-electron chi connectivity index (χ2n) is 4.14. The SMILES string of the molecule is Nc1ncnc(Sc2ccc3c(c2)OCCCO3)c1Cl. The molecule has 0 aliphatic carbocycles. The Balaban J connectivity index is 1.88. The van der Waals surface area contributed by atoms with E-state index in [1.54, 1.807) is 0 Å². The van der Waals surface area contributed by atoms with E-state index in [0.29, 0.717) is 23.3 Å². The van der Waals surface area contributed by atoms with Gasteiger partial charge in [0.1, 0.15) is 22.2 Å². The van der Waals surface area contributed by atoms with Crippen LogP contribution in [0.25, 0.3) is 0 Å². The minimum absolute atomic E-state index is 0.276. The van der Waals surface area contributed by atoms with Gasteiger partial charge in [-0.25, -0.2) is 9.97 Å². The summed E-state index contributed by atoms with van der Waals surface area (Å²) in [4.78, 5) is 8.93. The highest BCUT2D eigenvalue weighted by atomic mass is 35.5. The van der Waals surface area contributed by atoms with Crippen molar-refractivity contribution in [2.75, 3.05) is 18.9 Å². The van der Waals surface area contributed by atoms with Gasteiger partial charge in [-0.3, -0.25) is 0 Å². The second-order valence-corrected chi connectivity index (χ2v) is 5.58. The lowest BCUT2D eigenvalue weighted by molar-refractivity contribution is 0.297. The van der Waals surface area contributed by atoms with E-state index in [9.17, 15) is 0 Å². The monoisotopic (exact) mass is 309 g/mol. The van der Waals surface area contributed by atoms with Gasteiger partial charge in [0.05, 0.1) is 13.2 Å². The Kier molecular flexibility index (Phi) is 3.84. The predicted octanol–water partition coefficient (Wildman–Crippen LogP) is 3.02. The molecule has 0 unspecified atom stereocenters. The van der Waals surface area contributed by atoms with E-state index in [1.165, 1.54) is 18.1 Å². The molecular weight excluding hydrogens is 298 g/mol. The number of rotatable bonds is 2. The Morgan fingerprint density at radius 1 is 1.15 bits per heavy atom. The van der Waals surface area contributed by atoms with Gasteiger partial charge in [0.25, 0.3) is 0 Å². The topological polar surface area (TPSA) is 70.3 Å². The van der Waals surface area contributed by atoms with Gasteiger partial charge in [-0.2, -0.15) is 0 Å². The van der Waals surface area contributed by atoms with Crippen LogP contribution < -0.4 is 15.2 Å². The summed E-state index contributed by atoms with van der Waals surface area (Å²) in [6.07, 6.45) is 2.28. The van der Waals surface area contributed by atoms with Crippen LogP contribution in [0.5, 0.6) is 11.5 Å². The lowest BCUT2D eigenvalue weighted by atomic mass is 10.3. The molecule has 7 heteroatoms. The van der Waals surface area contributed by atoms with Gasteiger partial charge in [0.15, 0.2) is 11.5 Å². The van der Waals surface area contributed by atoms with Gasteiger partial charge in [-0.15, -0.1) is 0 Å². The molecule has 1 aliphatic heterocycles. The Bertz CT molecular complexity index is 639. The zero-order chi connectivity index (χ0) is 13.9. The number of nitrogens with zero attached hydrogens (tertiary/aromatic N) is 2. The quantitative estimate of drug-likeness (QED) is 0.860. The van der Waals surface area contributed by atoms with Crippen LogP contribution in [0.1, 0.15) is 6.42 Å². The molecule has 1 aliphatic rings. The highest BCUT2D eigenvalue weighted by molar-refractivity contribution is 7.99. The average molecular weight is 310 g/mol. The number of nitrogen functional groups attached to an aromatic ring is 1. The molecule has 0 fully saturated rings. The molecule has 0 radical (unpaired) electrons. The molecule has 3 rings (SSSR count). The zero-order valence-electron chi connectivity index (χ0n) is 10.5. The van der Waals surface area contributed by atoms with Crippen LogP contribution >= 0.6 is 23.4 Å². The number of hydrogen-bond donors (Lipinski definition) is 1. The summed E-state index contributed by atoms with van der Waals surface area (Å²) in [6.45, 7) is 1.33. The Hall–Kier alpha value is -1.66. The Labute approximate surface area is 125 Å². The summed E-state index contributed by atoms with van der Waals surface area (Å²) in [6, 6.07) is 5.74. The van der Waals surface area contributed by atoms with Crippen molar-refractivity contribution in [3.8, 4) is 11.5 Å². The average Bonchev–Trinajstić information content (AvgIpc) is 2.69. The van der Waals surface area contributed by atoms with Crippen LogP contribution in [-0.4, -0.2) is 23.2 Å². The third-order valence-corrected chi connectivity index (χ3v) is 4.20. The van der Waals surface area contributed by atoms with E-state index in [-0.39, 0.29) is 5.82 Å². The summed E-state index contributed by atoms with van der Waals surface area (Å²) < 4.78 is 11.2. The molecule has 2 aromatic rings. The van der Waals surface area contributed by atoms with E-state index in [1.807, 2.05) is 18.2 Å². The van der Waals surface area contributed by atoms with Gasteiger partial charge in [0, 0.05) is 11.3 Å². The maximum atomic E-state index is 6.09. The van der Waals surface area contributed by atoms with Crippen molar-refractivity contribution in [1.82, 2.24) is 9.97 Å². The maximum absolute atomic E-state index is 6.09. The van der Waals surface area contributed by atoms with Crippen molar-refractivity contribution < 1.29 is 9.47 Å². The summed E-state index contributed by atoms with van der Waals surface area (Å²) in [5.74, 6) is 1.78. The first kappa shape index (κ1) is 13.3. The number of hydrogen-bond acceptors (Lipinski definition) is 6. The highest BCUT2D eigenvalue weighted by Gasteiger charge is 2.13. The number of fused-ring (bicyclic) bond motifs is 1. The standard InChI is InChI=1S/C13H12ClN3O2S/c14-11-12(15)16-7-17-13(11)20-8-2-3-9-10(6-8)19-5-1-4-18-9/h2-3,6-7H,1,4-5H2,(H2,15,16,17). The first-order valence-corrected chi connectivity index (χ1v) is 7.27. The summed E-state index contributed by atoms with van der Waals surface area (Å²) >= 11 is 7.50. The molecule has 2 N–H and O–H groups in total. The van der Waals surface area contributed by atoms with Crippen molar-refractivity contribution in [2.45, 2.75) is 16.3 Å². The maximum Gasteiger partial charge on any atom is 0.162 e. The molecule has 1 aromatic heterocycles. The number of ether oxygens (including phenoxy) is 2. The van der Waals surface area contributed by atoms with Crippen molar-refractivity contribution >= 4 is 29.2 Å². The predicted molar refractivity (Wildman–Crippen MR) is 77.6 cm³/mol. The van der Waals surface area contributed by atoms with Gasteiger partial charge in [-0.05, 0) is 18.2 Å². The number of nitrogens with two attached hydrogens (primary N) is 1. The molecular formula is C13H12ClN3O2S. The number of halogens is 1. The first-order chi connectivity index (χ1) is 9.74. The van der Waals surface area contributed by atoms with Gasteiger partial charge < -0.3 is 15.2 Å². The van der Waals surface area contributed by atoms with Crippen LogP contribution in [0.15, 0.2) is 34.4 Å². The number of aromatic nitrogens is 2. The lowest BCUT2D eigenvalue weighted by Gasteiger charge is -2.09. The smallest absolute Gasteiger partial charge is 0.162 e. The molecule has 0 saturated carbocycles. The fraction of sp³-hybridized carbons (Fsp3) is 0.231. The van der Waals surface area contributed by atoms with Gasteiger partial charge in [-0.1, -0.05) is 23.4 Å². The molecule has 0 saturated heterocycles. The minimum Gasteiger partial charge on any atom is -0.490 e. The fourth-order valence-electron chi connectivity index (χ4n) is 1.76. The molecule has 5 nitrogen and oxygen atoms in total.